The minimum atomic E-state index is -0.263. The second kappa shape index (κ2) is 7.94. The Hall–Kier alpha value is -4.67. The smallest absolute Gasteiger partial charge is 0.292 e. The van der Waals surface area contributed by atoms with Gasteiger partial charge in [0.2, 0.25) is 5.91 Å². The minimum Gasteiger partial charge on any atom is -0.383 e. The third-order valence-electron chi connectivity index (χ3n) is 6.79. The van der Waals surface area contributed by atoms with Crippen LogP contribution in [0.2, 0.25) is 0 Å². The number of carbonyl (C=O) groups is 1. The van der Waals surface area contributed by atoms with Gasteiger partial charge in [-0.3, -0.25) is 14.3 Å². The molecule has 36 heavy (non-hydrogen) atoms. The normalized spacial score (nSPS) is 17.0. The lowest BCUT2D eigenvalue weighted by molar-refractivity contribution is -0.117. The fourth-order valence-corrected chi connectivity index (χ4v) is 4.64. The molecule has 0 aromatic carbocycles. The second-order valence-corrected chi connectivity index (χ2v) is 9.20. The number of hydrogen-bond donors (Lipinski definition) is 2. The predicted octanol–water partition coefficient (Wildman–Crippen LogP) is 2.31. The molecule has 1 amide bonds. The lowest BCUT2D eigenvalue weighted by Crippen LogP contribution is -2.20. The van der Waals surface area contributed by atoms with Crippen LogP contribution in [0.15, 0.2) is 47.9 Å². The average Bonchev–Trinajstić information content (AvgIpc) is 3.54. The van der Waals surface area contributed by atoms with Crippen LogP contribution in [0.3, 0.4) is 0 Å². The van der Waals surface area contributed by atoms with Crippen LogP contribution in [0.5, 0.6) is 0 Å². The van der Waals surface area contributed by atoms with Crippen molar-refractivity contribution in [2.45, 2.75) is 19.3 Å². The molecule has 0 spiro atoms. The van der Waals surface area contributed by atoms with Crippen molar-refractivity contribution in [3.05, 3.63) is 64.6 Å². The summed E-state index contributed by atoms with van der Waals surface area (Å²) >= 11 is 0. The number of rotatable bonds is 4. The number of amides is 1. The van der Waals surface area contributed by atoms with Crippen LogP contribution in [0.4, 0.5) is 11.6 Å². The lowest BCUT2D eigenvalue weighted by Gasteiger charge is -2.11. The molecule has 0 unspecified atom stereocenters. The van der Waals surface area contributed by atoms with E-state index in [1.54, 1.807) is 42.6 Å². The first kappa shape index (κ1) is 21.8. The van der Waals surface area contributed by atoms with Crippen LogP contribution in [-0.4, -0.2) is 40.4 Å². The molecular formula is C25H23N9O2. The molecule has 2 atom stereocenters. The van der Waals surface area contributed by atoms with Crippen molar-refractivity contribution >= 4 is 39.2 Å². The standard InChI is InChI=1S/C25H23N9O2/c1-12-17(8-28-22-18(12)10-30-34(3)25(22)36)20-4-13-5-21(27-9-19(13)23(26)31-20)32-24(35)16-6-15(16)14-7-29-33(2)11-14/h4-5,7-11,15-16H,6H2,1-3H3,(H2,26,31)(H,27,32,35)/t15-,16+/m0/s1. The van der Waals surface area contributed by atoms with E-state index in [0.29, 0.717) is 33.6 Å². The van der Waals surface area contributed by atoms with E-state index in [0.717, 1.165) is 28.5 Å². The average molecular weight is 482 g/mol. The Kier molecular flexibility index (Phi) is 4.82. The van der Waals surface area contributed by atoms with Gasteiger partial charge in [-0.05, 0) is 47.9 Å². The molecule has 11 nitrogen and oxygen atoms in total. The fraction of sp³-hybridized carbons (Fsp3) is 0.240. The lowest BCUT2D eigenvalue weighted by atomic mass is 10.0. The highest BCUT2D eigenvalue weighted by Gasteiger charge is 2.44. The Morgan fingerprint density at radius 1 is 1.08 bits per heavy atom. The monoisotopic (exact) mass is 481 g/mol. The number of aryl methyl sites for hydroxylation is 3. The molecule has 5 aromatic rings. The summed E-state index contributed by atoms with van der Waals surface area (Å²) < 4.78 is 3.00. The maximum absolute atomic E-state index is 12.8. The second-order valence-electron chi connectivity index (χ2n) is 9.20. The van der Waals surface area contributed by atoms with Gasteiger partial charge in [-0.25, -0.2) is 19.6 Å². The quantitative estimate of drug-likeness (QED) is 0.397. The SMILES string of the molecule is Cc1c(-c2cc3cc(NC(=O)[C@@H]4C[C@H]4c4cnn(C)c4)ncc3c(N)n2)cnc2c(=O)n(C)ncc12. The van der Waals surface area contributed by atoms with E-state index in [2.05, 4.69) is 30.5 Å². The Morgan fingerprint density at radius 3 is 2.69 bits per heavy atom. The van der Waals surface area contributed by atoms with Gasteiger partial charge in [0, 0.05) is 54.9 Å². The van der Waals surface area contributed by atoms with Crippen molar-refractivity contribution in [2.24, 2.45) is 20.0 Å². The third-order valence-corrected chi connectivity index (χ3v) is 6.79. The van der Waals surface area contributed by atoms with E-state index < -0.39 is 0 Å². The van der Waals surface area contributed by atoms with Gasteiger partial charge in [-0.1, -0.05) is 0 Å². The van der Waals surface area contributed by atoms with Gasteiger partial charge in [0.25, 0.3) is 5.56 Å². The number of hydrogen-bond acceptors (Lipinski definition) is 8. The number of nitrogens with zero attached hydrogens (tertiary/aromatic N) is 7. The van der Waals surface area contributed by atoms with Crippen molar-refractivity contribution in [2.75, 3.05) is 11.1 Å². The van der Waals surface area contributed by atoms with Crippen molar-refractivity contribution in [3.8, 4) is 11.3 Å². The molecule has 0 aliphatic heterocycles. The first-order valence-electron chi connectivity index (χ1n) is 11.5. The Morgan fingerprint density at radius 2 is 1.92 bits per heavy atom. The van der Waals surface area contributed by atoms with Crippen LogP contribution < -0.4 is 16.6 Å². The zero-order chi connectivity index (χ0) is 25.1. The van der Waals surface area contributed by atoms with E-state index in [9.17, 15) is 9.59 Å². The summed E-state index contributed by atoms with van der Waals surface area (Å²) in [4.78, 5) is 38.5. The van der Waals surface area contributed by atoms with Crippen LogP contribution in [0.25, 0.3) is 32.9 Å². The van der Waals surface area contributed by atoms with E-state index in [1.807, 2.05) is 26.2 Å². The molecule has 180 valence electrons. The maximum Gasteiger partial charge on any atom is 0.292 e. The summed E-state index contributed by atoms with van der Waals surface area (Å²) in [7, 11) is 3.45. The number of carbonyl (C=O) groups excluding carboxylic acids is 1. The summed E-state index contributed by atoms with van der Waals surface area (Å²) in [6.45, 7) is 1.90. The van der Waals surface area contributed by atoms with Crippen molar-refractivity contribution in [1.82, 2.24) is 34.5 Å². The van der Waals surface area contributed by atoms with Gasteiger partial charge in [0.05, 0.1) is 18.1 Å². The van der Waals surface area contributed by atoms with E-state index in [-0.39, 0.29) is 23.3 Å². The molecule has 1 saturated carbocycles. The molecule has 0 radical (unpaired) electrons. The van der Waals surface area contributed by atoms with Crippen LogP contribution in [0.1, 0.15) is 23.5 Å². The van der Waals surface area contributed by atoms with Gasteiger partial charge in [0.1, 0.15) is 17.2 Å². The molecular weight excluding hydrogens is 458 g/mol. The summed E-state index contributed by atoms with van der Waals surface area (Å²) in [5, 5.41) is 13.4. The van der Waals surface area contributed by atoms with Crippen molar-refractivity contribution < 1.29 is 4.79 Å². The molecule has 1 aliphatic carbocycles. The highest BCUT2D eigenvalue weighted by molar-refractivity contribution is 5.99. The van der Waals surface area contributed by atoms with Gasteiger partial charge >= 0.3 is 0 Å². The molecule has 1 aliphatic rings. The molecule has 1 fully saturated rings. The zero-order valence-electron chi connectivity index (χ0n) is 19.9. The van der Waals surface area contributed by atoms with Gasteiger partial charge in [-0.15, -0.1) is 0 Å². The number of nitrogens with one attached hydrogen (secondary N) is 1. The number of nitrogens with two attached hydrogens (primary N) is 1. The highest BCUT2D eigenvalue weighted by atomic mass is 16.2. The number of fused-ring (bicyclic) bond motifs is 2. The van der Waals surface area contributed by atoms with Gasteiger partial charge < -0.3 is 11.1 Å². The number of nitrogen functional groups attached to an aromatic ring is 1. The van der Waals surface area contributed by atoms with E-state index in [1.165, 1.54) is 4.68 Å². The first-order valence-corrected chi connectivity index (χ1v) is 11.5. The fourth-order valence-electron chi connectivity index (χ4n) is 4.64. The van der Waals surface area contributed by atoms with Crippen molar-refractivity contribution in [1.29, 1.82) is 0 Å². The number of anilines is 2. The van der Waals surface area contributed by atoms with Gasteiger partial charge in [0.15, 0.2) is 0 Å². The summed E-state index contributed by atoms with van der Waals surface area (Å²) in [5.74, 6) is 0.773. The zero-order valence-corrected chi connectivity index (χ0v) is 19.9. The van der Waals surface area contributed by atoms with Crippen LogP contribution in [0, 0.1) is 12.8 Å². The largest absolute Gasteiger partial charge is 0.383 e. The van der Waals surface area contributed by atoms with Gasteiger partial charge in [-0.2, -0.15) is 10.2 Å². The third kappa shape index (κ3) is 3.56. The van der Waals surface area contributed by atoms with E-state index >= 15 is 0 Å². The van der Waals surface area contributed by atoms with Crippen LogP contribution in [-0.2, 0) is 18.9 Å². The Labute approximate surface area is 205 Å². The molecule has 6 rings (SSSR count). The molecule has 0 saturated heterocycles. The first-order chi connectivity index (χ1) is 17.3. The maximum atomic E-state index is 12.8. The van der Waals surface area contributed by atoms with Crippen molar-refractivity contribution in [3.63, 3.8) is 0 Å². The Bertz CT molecular complexity index is 1750. The topological polar surface area (TPSA) is 146 Å². The van der Waals surface area contributed by atoms with Crippen LogP contribution >= 0.6 is 0 Å². The molecule has 0 bridgehead atoms. The summed E-state index contributed by atoms with van der Waals surface area (Å²) in [6, 6.07) is 3.67. The molecule has 11 heteroatoms. The highest BCUT2D eigenvalue weighted by Crippen LogP contribution is 2.47. The Balaban J connectivity index is 1.32. The molecule has 5 aromatic heterocycles. The summed E-state index contributed by atoms with van der Waals surface area (Å²) in [6.07, 6.45) is 9.41. The summed E-state index contributed by atoms with van der Waals surface area (Å²) in [5.41, 5.74) is 9.59. The number of aromatic nitrogens is 7. The predicted molar refractivity (Wildman–Crippen MR) is 135 cm³/mol. The number of pyridine rings is 3. The van der Waals surface area contributed by atoms with E-state index in [4.69, 9.17) is 5.73 Å². The molecule has 5 heterocycles. The molecule has 3 N–H and O–H groups in total. The minimum absolute atomic E-state index is 0.0680.